The largest absolute Gasteiger partial charge is 0.377 e. The van der Waals surface area contributed by atoms with Crippen LogP contribution in [0, 0.1) is 5.92 Å². The van der Waals surface area contributed by atoms with Crippen molar-refractivity contribution in [2.75, 3.05) is 20.3 Å². The summed E-state index contributed by atoms with van der Waals surface area (Å²) in [6.45, 7) is 4.22. The quantitative estimate of drug-likeness (QED) is 0.839. The molecule has 122 valence electrons. The Morgan fingerprint density at radius 2 is 1.81 bits per heavy atom. The zero-order valence-corrected chi connectivity index (χ0v) is 14.0. The molecule has 3 fully saturated rings. The van der Waals surface area contributed by atoms with Gasteiger partial charge in [-0.25, -0.2) is 0 Å². The van der Waals surface area contributed by atoms with Crippen molar-refractivity contribution in [3.05, 3.63) is 0 Å². The van der Waals surface area contributed by atoms with E-state index in [0.29, 0.717) is 6.04 Å². The molecule has 1 spiro atoms. The van der Waals surface area contributed by atoms with Crippen LogP contribution in [-0.4, -0.2) is 37.5 Å². The number of rotatable bonds is 5. The van der Waals surface area contributed by atoms with Crippen molar-refractivity contribution < 1.29 is 9.47 Å². The molecule has 0 aromatic carbocycles. The normalized spacial score (nSPS) is 32.6. The number of methoxy groups -OCH3 is 1. The predicted molar refractivity (Wildman–Crippen MR) is 85.5 cm³/mol. The number of hydrogen-bond acceptors (Lipinski definition) is 3. The Morgan fingerprint density at radius 3 is 2.43 bits per heavy atom. The van der Waals surface area contributed by atoms with Crippen molar-refractivity contribution in [3.63, 3.8) is 0 Å². The molecule has 1 aliphatic heterocycles. The topological polar surface area (TPSA) is 30.5 Å². The molecule has 0 aromatic heterocycles. The Kier molecular flexibility index (Phi) is 4.92. The van der Waals surface area contributed by atoms with E-state index in [1.165, 1.54) is 64.2 Å². The van der Waals surface area contributed by atoms with Gasteiger partial charge < -0.3 is 14.8 Å². The highest BCUT2D eigenvalue weighted by Gasteiger charge is 2.49. The second-order valence-corrected chi connectivity index (χ2v) is 7.50. The summed E-state index contributed by atoms with van der Waals surface area (Å²) < 4.78 is 12.4. The van der Waals surface area contributed by atoms with Crippen LogP contribution in [-0.2, 0) is 9.47 Å². The zero-order chi connectivity index (χ0) is 14.8. The van der Waals surface area contributed by atoms with E-state index < -0.39 is 0 Å². The first-order valence-electron chi connectivity index (χ1n) is 9.16. The van der Waals surface area contributed by atoms with Gasteiger partial charge in [-0.1, -0.05) is 32.6 Å². The third-order valence-electron chi connectivity index (χ3n) is 6.36. The molecule has 0 amide bonds. The Hall–Kier alpha value is -0.120. The lowest BCUT2D eigenvalue weighted by molar-refractivity contribution is -0.123. The van der Waals surface area contributed by atoms with Crippen LogP contribution in [0.25, 0.3) is 0 Å². The molecule has 1 N–H and O–H groups in total. The van der Waals surface area contributed by atoms with Crippen LogP contribution in [0.4, 0.5) is 0 Å². The van der Waals surface area contributed by atoms with Crippen molar-refractivity contribution in [3.8, 4) is 0 Å². The Bertz CT molecular complexity index is 332. The van der Waals surface area contributed by atoms with Gasteiger partial charge in [-0.05, 0) is 51.0 Å². The maximum absolute atomic E-state index is 6.25. The third kappa shape index (κ3) is 3.02. The van der Waals surface area contributed by atoms with E-state index in [9.17, 15) is 0 Å². The summed E-state index contributed by atoms with van der Waals surface area (Å²) in [5.74, 6) is 0.717. The van der Waals surface area contributed by atoms with Crippen LogP contribution in [0.3, 0.4) is 0 Å². The van der Waals surface area contributed by atoms with Crippen LogP contribution in [0.1, 0.15) is 71.1 Å². The summed E-state index contributed by atoms with van der Waals surface area (Å²) in [7, 11) is 1.93. The molecule has 1 heterocycles. The fourth-order valence-corrected chi connectivity index (χ4v) is 5.34. The fraction of sp³-hybridized carbons (Fsp3) is 1.00. The lowest BCUT2D eigenvalue weighted by Gasteiger charge is -2.47. The molecule has 2 aliphatic carbocycles. The van der Waals surface area contributed by atoms with Gasteiger partial charge in [0.1, 0.15) is 0 Å². The fourth-order valence-electron chi connectivity index (χ4n) is 5.34. The molecule has 2 atom stereocenters. The minimum atomic E-state index is 0.0812. The van der Waals surface area contributed by atoms with Crippen LogP contribution >= 0.6 is 0 Å². The van der Waals surface area contributed by atoms with Gasteiger partial charge in [0.05, 0.1) is 11.2 Å². The summed E-state index contributed by atoms with van der Waals surface area (Å²) in [5.41, 5.74) is 0.294. The average Bonchev–Trinajstić information content (AvgIpc) is 3.15. The molecule has 0 radical (unpaired) electrons. The van der Waals surface area contributed by atoms with Gasteiger partial charge >= 0.3 is 0 Å². The van der Waals surface area contributed by atoms with Crippen molar-refractivity contribution in [2.45, 2.75) is 88.4 Å². The van der Waals surface area contributed by atoms with Crippen molar-refractivity contribution in [1.29, 1.82) is 0 Å². The highest BCUT2D eigenvalue weighted by Crippen LogP contribution is 2.47. The lowest BCUT2D eigenvalue weighted by atomic mass is 9.74. The van der Waals surface area contributed by atoms with Gasteiger partial charge in [0.2, 0.25) is 0 Å². The molecule has 3 aliphatic rings. The van der Waals surface area contributed by atoms with Crippen molar-refractivity contribution in [2.24, 2.45) is 5.92 Å². The van der Waals surface area contributed by atoms with Gasteiger partial charge in [-0.2, -0.15) is 0 Å². The van der Waals surface area contributed by atoms with Gasteiger partial charge in [-0.3, -0.25) is 0 Å². The molecular weight excluding hydrogens is 262 g/mol. The van der Waals surface area contributed by atoms with Crippen LogP contribution < -0.4 is 5.32 Å². The minimum Gasteiger partial charge on any atom is -0.377 e. The van der Waals surface area contributed by atoms with E-state index in [2.05, 4.69) is 12.2 Å². The minimum absolute atomic E-state index is 0.0812. The van der Waals surface area contributed by atoms with Crippen LogP contribution in [0.2, 0.25) is 0 Å². The smallest absolute Gasteiger partial charge is 0.0833 e. The highest BCUT2D eigenvalue weighted by atomic mass is 16.5. The maximum Gasteiger partial charge on any atom is 0.0833 e. The Labute approximate surface area is 130 Å². The first-order valence-corrected chi connectivity index (χ1v) is 9.16. The average molecular weight is 295 g/mol. The number of likely N-dealkylation sites (N-methyl/N-ethyl adjacent to an activating group) is 1. The first-order chi connectivity index (χ1) is 10.2. The molecule has 1 saturated heterocycles. The Balaban J connectivity index is 1.76. The van der Waals surface area contributed by atoms with Crippen molar-refractivity contribution >= 4 is 0 Å². The summed E-state index contributed by atoms with van der Waals surface area (Å²) >= 11 is 0. The van der Waals surface area contributed by atoms with E-state index >= 15 is 0 Å². The zero-order valence-electron chi connectivity index (χ0n) is 14.0. The summed E-state index contributed by atoms with van der Waals surface area (Å²) in [5, 5.41) is 3.81. The SMILES string of the molecule is CCNC(C1CCOC2(CCCC2)C1)C1(OC)CCCC1. The van der Waals surface area contributed by atoms with Crippen molar-refractivity contribution in [1.82, 2.24) is 5.32 Å². The van der Waals surface area contributed by atoms with Gasteiger partial charge in [-0.15, -0.1) is 0 Å². The van der Waals surface area contributed by atoms with E-state index in [1.807, 2.05) is 7.11 Å². The molecule has 3 rings (SSSR count). The van der Waals surface area contributed by atoms with Gasteiger partial charge in [0, 0.05) is 19.8 Å². The summed E-state index contributed by atoms with van der Waals surface area (Å²) in [6.07, 6.45) is 12.8. The molecule has 3 heteroatoms. The molecule has 0 aromatic rings. The second kappa shape index (κ2) is 6.55. The van der Waals surface area contributed by atoms with E-state index in [0.717, 1.165) is 19.1 Å². The third-order valence-corrected chi connectivity index (χ3v) is 6.36. The summed E-state index contributed by atoms with van der Waals surface area (Å²) in [6, 6.07) is 0.511. The molecular formula is C18H33NO2. The van der Waals surface area contributed by atoms with Crippen LogP contribution in [0.15, 0.2) is 0 Å². The van der Waals surface area contributed by atoms with E-state index in [-0.39, 0.29) is 11.2 Å². The second-order valence-electron chi connectivity index (χ2n) is 7.50. The molecule has 3 nitrogen and oxygen atoms in total. The highest BCUT2D eigenvalue weighted by molar-refractivity contribution is 5.03. The monoisotopic (exact) mass is 295 g/mol. The molecule has 0 bridgehead atoms. The molecule has 2 unspecified atom stereocenters. The molecule has 21 heavy (non-hydrogen) atoms. The first kappa shape index (κ1) is 15.8. The lowest BCUT2D eigenvalue weighted by Crippen LogP contribution is -2.57. The molecule has 2 saturated carbocycles. The number of hydrogen-bond donors (Lipinski definition) is 1. The number of ether oxygens (including phenoxy) is 2. The van der Waals surface area contributed by atoms with E-state index in [4.69, 9.17) is 9.47 Å². The Morgan fingerprint density at radius 1 is 1.14 bits per heavy atom. The van der Waals surface area contributed by atoms with Crippen LogP contribution in [0.5, 0.6) is 0 Å². The van der Waals surface area contributed by atoms with Gasteiger partial charge in [0.15, 0.2) is 0 Å². The predicted octanol–water partition coefficient (Wildman–Crippen LogP) is 3.66. The van der Waals surface area contributed by atoms with E-state index in [1.54, 1.807) is 0 Å². The van der Waals surface area contributed by atoms with Gasteiger partial charge in [0.25, 0.3) is 0 Å². The summed E-state index contributed by atoms with van der Waals surface area (Å²) in [4.78, 5) is 0. The number of nitrogens with one attached hydrogen (secondary N) is 1. The maximum atomic E-state index is 6.25. The standard InChI is InChI=1S/C18H33NO2/c1-3-19-16(18(20-2)11-6-7-12-18)15-8-13-21-17(14-15)9-4-5-10-17/h15-16,19H,3-14H2,1-2H3.